The van der Waals surface area contributed by atoms with Crippen molar-refractivity contribution in [3.63, 3.8) is 0 Å². The molecule has 0 radical (unpaired) electrons. The van der Waals surface area contributed by atoms with Crippen LogP contribution in [0.5, 0.6) is 5.75 Å². The van der Waals surface area contributed by atoms with Gasteiger partial charge >= 0.3 is 0 Å². The Hall–Kier alpha value is -3.86. The number of anilines is 1. The van der Waals surface area contributed by atoms with Crippen molar-refractivity contribution in [3.05, 3.63) is 90.5 Å². The summed E-state index contributed by atoms with van der Waals surface area (Å²) < 4.78 is 5.83. The number of aromatic nitrogens is 1. The summed E-state index contributed by atoms with van der Waals surface area (Å²) in [5.74, 6) is 0.218. The lowest BCUT2D eigenvalue weighted by atomic mass is 10.1. The van der Waals surface area contributed by atoms with Gasteiger partial charge in [-0.15, -0.1) is 0 Å². The van der Waals surface area contributed by atoms with E-state index in [1.165, 1.54) is 0 Å². The largest absolute Gasteiger partial charge is 0.507 e. The molecule has 1 heterocycles. The van der Waals surface area contributed by atoms with Crippen LogP contribution in [0.25, 0.3) is 22.7 Å². The zero-order valence-electron chi connectivity index (χ0n) is 14.3. The number of aromatic hydroxyl groups is 1. The van der Waals surface area contributed by atoms with E-state index in [-0.39, 0.29) is 23.4 Å². The Labute approximate surface area is 155 Å². The monoisotopic (exact) mass is 356 g/mol. The molecule has 0 aliphatic heterocycles. The third-order valence-electron chi connectivity index (χ3n) is 4.07. The van der Waals surface area contributed by atoms with Crippen LogP contribution in [0.15, 0.2) is 89.3 Å². The number of amides is 1. The fourth-order valence-electron chi connectivity index (χ4n) is 2.73. The number of hydrogen-bond donors (Lipinski definition) is 2. The lowest BCUT2D eigenvalue weighted by molar-refractivity contribution is 0.102. The van der Waals surface area contributed by atoms with E-state index in [1.807, 2.05) is 36.4 Å². The van der Waals surface area contributed by atoms with Crippen molar-refractivity contribution in [2.24, 2.45) is 0 Å². The molecule has 132 valence electrons. The molecule has 3 aromatic carbocycles. The molecule has 0 aliphatic rings. The van der Waals surface area contributed by atoms with Crippen LogP contribution in [0.4, 0.5) is 5.88 Å². The summed E-state index contributed by atoms with van der Waals surface area (Å²) in [7, 11) is 0. The van der Waals surface area contributed by atoms with Gasteiger partial charge in [-0.05, 0) is 24.3 Å². The SMILES string of the molecule is O=C(Nc1oc(-c2ccccc2O)nc1-c1ccccc1)c1ccccc1. The van der Waals surface area contributed by atoms with Crippen molar-refractivity contribution < 1.29 is 14.3 Å². The highest BCUT2D eigenvalue weighted by atomic mass is 16.4. The molecule has 0 bridgehead atoms. The van der Waals surface area contributed by atoms with E-state index in [9.17, 15) is 9.90 Å². The highest BCUT2D eigenvalue weighted by molar-refractivity contribution is 6.05. The van der Waals surface area contributed by atoms with Gasteiger partial charge in [-0.2, -0.15) is 0 Å². The van der Waals surface area contributed by atoms with E-state index in [1.54, 1.807) is 48.5 Å². The Bertz CT molecular complexity index is 1070. The molecule has 27 heavy (non-hydrogen) atoms. The molecule has 1 aromatic heterocycles. The van der Waals surface area contributed by atoms with E-state index in [4.69, 9.17) is 4.42 Å². The van der Waals surface area contributed by atoms with Gasteiger partial charge in [0.15, 0.2) is 0 Å². The molecular formula is C22H16N2O3. The van der Waals surface area contributed by atoms with Gasteiger partial charge in [0.1, 0.15) is 11.4 Å². The van der Waals surface area contributed by atoms with Crippen molar-refractivity contribution in [1.29, 1.82) is 0 Å². The quantitative estimate of drug-likeness (QED) is 0.541. The predicted molar refractivity (Wildman–Crippen MR) is 103 cm³/mol. The van der Waals surface area contributed by atoms with Crippen molar-refractivity contribution in [3.8, 4) is 28.5 Å². The first-order chi connectivity index (χ1) is 13.2. The van der Waals surface area contributed by atoms with Gasteiger partial charge in [0.25, 0.3) is 5.91 Å². The molecule has 4 rings (SSSR count). The number of oxazole rings is 1. The number of nitrogens with zero attached hydrogens (tertiary/aromatic N) is 1. The second kappa shape index (κ2) is 7.17. The highest BCUT2D eigenvalue weighted by Gasteiger charge is 2.20. The maximum atomic E-state index is 12.6. The number of benzene rings is 3. The molecule has 0 unspecified atom stereocenters. The Morgan fingerprint density at radius 2 is 1.48 bits per heavy atom. The average molecular weight is 356 g/mol. The molecular weight excluding hydrogens is 340 g/mol. The first-order valence-corrected chi connectivity index (χ1v) is 8.43. The average Bonchev–Trinajstić information content (AvgIpc) is 3.13. The molecule has 0 saturated heterocycles. The molecule has 0 fully saturated rings. The van der Waals surface area contributed by atoms with E-state index < -0.39 is 0 Å². The zero-order valence-corrected chi connectivity index (χ0v) is 14.3. The van der Waals surface area contributed by atoms with Gasteiger partial charge in [-0.25, -0.2) is 4.98 Å². The molecule has 2 N–H and O–H groups in total. The number of carbonyl (C=O) groups is 1. The maximum absolute atomic E-state index is 12.6. The van der Waals surface area contributed by atoms with Crippen LogP contribution in [0.1, 0.15) is 10.4 Å². The number of rotatable bonds is 4. The molecule has 0 aliphatic carbocycles. The van der Waals surface area contributed by atoms with E-state index in [0.29, 0.717) is 16.8 Å². The Balaban J connectivity index is 1.77. The number of nitrogens with one attached hydrogen (secondary N) is 1. The van der Waals surface area contributed by atoms with Crippen molar-refractivity contribution in [1.82, 2.24) is 4.98 Å². The topological polar surface area (TPSA) is 75.4 Å². The standard InChI is InChI=1S/C22H16N2O3/c25-18-14-8-7-13-17(18)21-23-19(15-9-3-1-4-10-15)22(27-21)24-20(26)16-11-5-2-6-12-16/h1-14,25H,(H,24,26). The second-order valence-corrected chi connectivity index (χ2v) is 5.90. The van der Waals surface area contributed by atoms with Crippen LogP contribution in [-0.4, -0.2) is 16.0 Å². The minimum atomic E-state index is -0.298. The van der Waals surface area contributed by atoms with Crippen LogP contribution in [0, 0.1) is 0 Å². The summed E-state index contributed by atoms with van der Waals surface area (Å²) in [5.41, 5.74) is 2.26. The molecule has 0 saturated carbocycles. The molecule has 5 nitrogen and oxygen atoms in total. The van der Waals surface area contributed by atoms with Crippen LogP contribution >= 0.6 is 0 Å². The number of phenolic OH excluding ortho intramolecular Hbond substituents is 1. The van der Waals surface area contributed by atoms with Crippen molar-refractivity contribution in [2.45, 2.75) is 0 Å². The fraction of sp³-hybridized carbons (Fsp3) is 0. The van der Waals surface area contributed by atoms with E-state index >= 15 is 0 Å². The Kier molecular flexibility index (Phi) is 4.41. The van der Waals surface area contributed by atoms with Crippen molar-refractivity contribution in [2.75, 3.05) is 5.32 Å². The predicted octanol–water partition coefficient (Wildman–Crippen LogP) is 4.97. The first-order valence-electron chi connectivity index (χ1n) is 8.43. The molecule has 0 spiro atoms. The molecule has 4 aromatic rings. The maximum Gasteiger partial charge on any atom is 0.258 e. The summed E-state index contributed by atoms with van der Waals surface area (Å²) in [6.07, 6.45) is 0. The lowest BCUT2D eigenvalue weighted by Gasteiger charge is -2.04. The Morgan fingerprint density at radius 3 is 2.19 bits per heavy atom. The summed E-state index contributed by atoms with van der Waals surface area (Å²) in [5, 5.41) is 12.9. The third kappa shape index (κ3) is 3.43. The van der Waals surface area contributed by atoms with E-state index in [0.717, 1.165) is 5.56 Å². The van der Waals surface area contributed by atoms with Gasteiger partial charge in [-0.1, -0.05) is 60.7 Å². The minimum Gasteiger partial charge on any atom is -0.507 e. The number of para-hydroxylation sites is 1. The molecule has 1 amide bonds. The number of hydrogen-bond acceptors (Lipinski definition) is 4. The van der Waals surface area contributed by atoms with Crippen molar-refractivity contribution >= 4 is 11.8 Å². The third-order valence-corrected chi connectivity index (χ3v) is 4.07. The van der Waals surface area contributed by atoms with Crippen LogP contribution in [0.2, 0.25) is 0 Å². The van der Waals surface area contributed by atoms with Crippen LogP contribution in [0.3, 0.4) is 0 Å². The lowest BCUT2D eigenvalue weighted by Crippen LogP contribution is -2.11. The highest BCUT2D eigenvalue weighted by Crippen LogP contribution is 2.36. The summed E-state index contributed by atoms with van der Waals surface area (Å²) >= 11 is 0. The van der Waals surface area contributed by atoms with Crippen LogP contribution < -0.4 is 5.32 Å². The van der Waals surface area contributed by atoms with E-state index in [2.05, 4.69) is 10.3 Å². The summed E-state index contributed by atoms with van der Waals surface area (Å²) in [6.45, 7) is 0. The van der Waals surface area contributed by atoms with Gasteiger partial charge in [0.05, 0.1) is 5.56 Å². The fourth-order valence-corrected chi connectivity index (χ4v) is 2.73. The zero-order chi connectivity index (χ0) is 18.6. The van der Waals surface area contributed by atoms with Gasteiger partial charge < -0.3 is 9.52 Å². The van der Waals surface area contributed by atoms with Gasteiger partial charge in [0.2, 0.25) is 11.8 Å². The van der Waals surface area contributed by atoms with Crippen LogP contribution in [-0.2, 0) is 0 Å². The minimum absolute atomic E-state index is 0.0549. The van der Waals surface area contributed by atoms with Gasteiger partial charge in [-0.3, -0.25) is 10.1 Å². The smallest absolute Gasteiger partial charge is 0.258 e. The van der Waals surface area contributed by atoms with Gasteiger partial charge in [0, 0.05) is 11.1 Å². The molecule has 0 atom stereocenters. The number of carbonyl (C=O) groups excluding carboxylic acids is 1. The second-order valence-electron chi connectivity index (χ2n) is 5.90. The molecule has 5 heteroatoms. The Morgan fingerprint density at radius 1 is 0.852 bits per heavy atom. The number of phenols is 1. The summed E-state index contributed by atoms with van der Waals surface area (Å²) in [6, 6.07) is 25.1. The summed E-state index contributed by atoms with van der Waals surface area (Å²) in [4.78, 5) is 17.1. The first kappa shape index (κ1) is 16.6. The normalized spacial score (nSPS) is 10.5.